The highest BCUT2D eigenvalue weighted by atomic mass is 32.1. The van der Waals surface area contributed by atoms with Crippen molar-refractivity contribution in [3.63, 3.8) is 0 Å². The number of piperazine rings is 1. The van der Waals surface area contributed by atoms with Gasteiger partial charge in [0.25, 0.3) is 0 Å². The van der Waals surface area contributed by atoms with Gasteiger partial charge in [-0.05, 0) is 26.3 Å². The number of hydrogen-bond acceptors (Lipinski definition) is 6. The summed E-state index contributed by atoms with van der Waals surface area (Å²) in [6.07, 6.45) is 3.63. The van der Waals surface area contributed by atoms with Gasteiger partial charge in [-0.15, -0.1) is 11.3 Å². The van der Waals surface area contributed by atoms with Crippen molar-refractivity contribution in [1.29, 1.82) is 0 Å². The molecule has 0 saturated carbocycles. The first-order chi connectivity index (χ1) is 12.6. The van der Waals surface area contributed by atoms with Gasteiger partial charge in [0, 0.05) is 63.7 Å². The average molecular weight is 381 g/mol. The van der Waals surface area contributed by atoms with Crippen LogP contribution in [0.2, 0.25) is 0 Å². The van der Waals surface area contributed by atoms with E-state index >= 15 is 0 Å². The molecule has 1 unspecified atom stereocenters. The fourth-order valence-electron chi connectivity index (χ4n) is 4.16. The predicted molar refractivity (Wildman–Crippen MR) is 104 cm³/mol. The van der Waals surface area contributed by atoms with E-state index in [-0.39, 0.29) is 11.4 Å². The Morgan fingerprint density at radius 3 is 2.88 bits per heavy atom. The maximum atomic E-state index is 12.5. The van der Waals surface area contributed by atoms with E-state index in [0.29, 0.717) is 19.6 Å². The van der Waals surface area contributed by atoms with Crippen molar-refractivity contribution in [2.75, 3.05) is 53.5 Å². The monoisotopic (exact) mass is 380 g/mol. The largest absolute Gasteiger partial charge is 0.383 e. The molecule has 3 rings (SSSR count). The quantitative estimate of drug-likeness (QED) is 0.754. The highest BCUT2D eigenvalue weighted by Gasteiger charge is 2.42. The van der Waals surface area contributed by atoms with Crippen LogP contribution in [0.5, 0.6) is 0 Å². The minimum Gasteiger partial charge on any atom is -0.383 e. The molecule has 0 radical (unpaired) electrons. The van der Waals surface area contributed by atoms with Crippen molar-refractivity contribution >= 4 is 17.2 Å². The third kappa shape index (κ3) is 4.44. The van der Waals surface area contributed by atoms with Gasteiger partial charge < -0.3 is 9.64 Å². The van der Waals surface area contributed by atoms with Crippen LogP contribution in [0.15, 0.2) is 5.38 Å². The van der Waals surface area contributed by atoms with Gasteiger partial charge in [-0.25, -0.2) is 4.98 Å². The molecule has 6 nitrogen and oxygen atoms in total. The van der Waals surface area contributed by atoms with E-state index in [1.165, 1.54) is 10.7 Å². The van der Waals surface area contributed by atoms with Gasteiger partial charge in [0.15, 0.2) is 0 Å². The van der Waals surface area contributed by atoms with Crippen LogP contribution in [0, 0.1) is 0 Å². The molecule has 2 saturated heterocycles. The minimum absolute atomic E-state index is 0.0966. The Bertz CT molecular complexity index is 608. The molecule has 146 valence electrons. The van der Waals surface area contributed by atoms with E-state index in [0.717, 1.165) is 52.0 Å². The number of methoxy groups -OCH3 is 1. The summed E-state index contributed by atoms with van der Waals surface area (Å²) in [4.78, 5) is 24.2. The van der Waals surface area contributed by atoms with Gasteiger partial charge in [-0.1, -0.05) is 6.92 Å². The maximum Gasteiger partial charge on any atom is 0.222 e. The highest BCUT2D eigenvalue weighted by Crippen LogP contribution is 2.32. The Labute approximate surface area is 161 Å². The van der Waals surface area contributed by atoms with E-state index in [1.807, 2.05) is 4.90 Å². The fraction of sp³-hybridized carbons (Fsp3) is 0.789. The summed E-state index contributed by atoms with van der Waals surface area (Å²) >= 11 is 1.77. The molecule has 0 N–H and O–H groups in total. The topological polar surface area (TPSA) is 48.9 Å². The molecule has 1 aromatic rings. The molecule has 2 aliphatic heterocycles. The number of likely N-dealkylation sites (N-methyl/N-ethyl adjacent to an activating group) is 1. The minimum atomic E-state index is 0.0966. The van der Waals surface area contributed by atoms with Gasteiger partial charge in [-0.2, -0.15) is 0 Å². The number of nitrogens with zero attached hydrogens (tertiary/aromatic N) is 4. The summed E-state index contributed by atoms with van der Waals surface area (Å²) in [5.41, 5.74) is 1.29. The Hall–Kier alpha value is -1.02. The molecular weight excluding hydrogens is 348 g/mol. The number of ether oxygens (including phenoxy) is 1. The second-order valence-corrected chi connectivity index (χ2v) is 8.51. The van der Waals surface area contributed by atoms with Crippen LogP contribution in [-0.4, -0.2) is 84.6 Å². The van der Waals surface area contributed by atoms with Crippen LogP contribution in [0.3, 0.4) is 0 Å². The number of likely N-dealkylation sites (tertiary alicyclic amines) is 1. The number of carbonyl (C=O) groups is 1. The average Bonchev–Trinajstić information content (AvgIpc) is 3.04. The molecule has 1 atom stereocenters. The number of hydrogen-bond donors (Lipinski definition) is 0. The highest BCUT2D eigenvalue weighted by molar-refractivity contribution is 7.09. The van der Waals surface area contributed by atoms with Gasteiger partial charge in [0.2, 0.25) is 5.91 Å². The zero-order chi connectivity index (χ0) is 18.6. The van der Waals surface area contributed by atoms with Crippen molar-refractivity contribution < 1.29 is 9.53 Å². The predicted octanol–water partition coefficient (Wildman–Crippen LogP) is 1.85. The molecule has 26 heavy (non-hydrogen) atoms. The lowest BCUT2D eigenvalue weighted by Gasteiger charge is -2.49. The van der Waals surface area contributed by atoms with E-state index < -0.39 is 0 Å². The van der Waals surface area contributed by atoms with Crippen LogP contribution in [0.4, 0.5) is 0 Å². The van der Waals surface area contributed by atoms with Gasteiger partial charge in [-0.3, -0.25) is 14.6 Å². The van der Waals surface area contributed by atoms with Crippen molar-refractivity contribution in [3.05, 3.63) is 16.1 Å². The number of amides is 1. The van der Waals surface area contributed by atoms with Gasteiger partial charge >= 0.3 is 0 Å². The summed E-state index contributed by atoms with van der Waals surface area (Å²) in [5, 5.41) is 3.42. The number of aromatic nitrogens is 1. The van der Waals surface area contributed by atoms with Crippen LogP contribution >= 0.6 is 11.3 Å². The first-order valence-corrected chi connectivity index (χ1v) is 10.6. The summed E-state index contributed by atoms with van der Waals surface area (Å²) in [5.74, 6) is 0.275. The van der Waals surface area contributed by atoms with Gasteiger partial charge in [0.05, 0.1) is 17.3 Å². The summed E-state index contributed by atoms with van der Waals surface area (Å²) < 4.78 is 5.17. The van der Waals surface area contributed by atoms with Crippen molar-refractivity contribution in [1.82, 2.24) is 19.7 Å². The molecule has 3 heterocycles. The number of thiazole rings is 1. The van der Waals surface area contributed by atoms with Crippen LogP contribution < -0.4 is 0 Å². The Balaban J connectivity index is 1.65. The van der Waals surface area contributed by atoms with Crippen molar-refractivity contribution in [2.24, 2.45) is 0 Å². The summed E-state index contributed by atoms with van der Waals surface area (Å²) in [6.45, 7) is 8.38. The number of aryl methyl sites for hydroxylation is 1. The van der Waals surface area contributed by atoms with E-state index in [9.17, 15) is 4.79 Å². The molecule has 1 amide bonds. The molecular formula is C19H32N4O2S. The second kappa shape index (κ2) is 8.78. The summed E-state index contributed by atoms with van der Waals surface area (Å²) in [7, 11) is 3.92. The SMILES string of the molecule is CCc1nc(CN2CCN(C)C3(CCC(=O)N(CCOC)CC3)C2)cs1. The Morgan fingerprint density at radius 2 is 2.15 bits per heavy atom. The second-order valence-electron chi connectivity index (χ2n) is 7.57. The lowest BCUT2D eigenvalue weighted by Crippen LogP contribution is -2.60. The molecule has 1 aromatic heterocycles. The zero-order valence-corrected chi connectivity index (χ0v) is 17.2. The first kappa shape index (κ1) is 19.7. The molecule has 2 fully saturated rings. The molecule has 1 spiro atoms. The van der Waals surface area contributed by atoms with Crippen molar-refractivity contribution in [3.8, 4) is 0 Å². The molecule has 2 aliphatic rings. The third-order valence-electron chi connectivity index (χ3n) is 5.94. The molecule has 0 bridgehead atoms. The lowest BCUT2D eigenvalue weighted by atomic mass is 9.86. The maximum absolute atomic E-state index is 12.5. The van der Waals surface area contributed by atoms with Crippen molar-refractivity contribution in [2.45, 2.75) is 44.7 Å². The molecule has 7 heteroatoms. The van der Waals surface area contributed by atoms with Crippen LogP contribution in [0.1, 0.15) is 36.9 Å². The number of rotatable bonds is 6. The molecule has 0 aliphatic carbocycles. The Morgan fingerprint density at radius 1 is 1.31 bits per heavy atom. The van der Waals surface area contributed by atoms with E-state index in [4.69, 9.17) is 9.72 Å². The zero-order valence-electron chi connectivity index (χ0n) is 16.4. The lowest BCUT2D eigenvalue weighted by molar-refractivity contribution is -0.131. The van der Waals surface area contributed by atoms with E-state index in [1.54, 1.807) is 18.4 Å². The third-order valence-corrected chi connectivity index (χ3v) is 6.98. The van der Waals surface area contributed by atoms with E-state index in [2.05, 4.69) is 29.2 Å². The standard InChI is InChI=1S/C19H32N4O2S/c1-4-17-20-16(14-26-17)13-22-10-9-21(2)19(15-22)6-5-18(24)23(8-7-19)11-12-25-3/h14H,4-13,15H2,1-3H3. The van der Waals surface area contributed by atoms with Gasteiger partial charge in [0.1, 0.15) is 0 Å². The normalized spacial score (nSPS) is 25.8. The Kier molecular flexibility index (Phi) is 6.66. The molecule has 0 aromatic carbocycles. The smallest absolute Gasteiger partial charge is 0.222 e. The van der Waals surface area contributed by atoms with Crippen LogP contribution in [0.25, 0.3) is 0 Å². The first-order valence-electron chi connectivity index (χ1n) is 9.70. The van der Waals surface area contributed by atoms with Crippen LogP contribution in [-0.2, 0) is 22.5 Å². The number of carbonyl (C=O) groups excluding carboxylic acids is 1. The summed E-state index contributed by atoms with van der Waals surface area (Å²) in [6, 6.07) is 0. The fourth-order valence-corrected chi connectivity index (χ4v) is 4.90.